The number of nitrogens with zero attached hydrogens (tertiary/aromatic N) is 4. The molecule has 0 aromatic carbocycles. The first-order valence-corrected chi connectivity index (χ1v) is 10.1. The smallest absolute Gasteiger partial charge is 0.243 e. The highest BCUT2D eigenvalue weighted by Crippen LogP contribution is 2.30. The fourth-order valence-corrected chi connectivity index (χ4v) is 3.62. The van der Waals surface area contributed by atoms with Crippen molar-refractivity contribution < 1.29 is 23.9 Å². The lowest BCUT2D eigenvalue weighted by Crippen LogP contribution is -2.41. The number of nitrogens with one attached hydrogen (secondary N) is 2. The minimum Gasteiger partial charge on any atom is -0.383 e. The molecule has 1 heterocycles. The Morgan fingerprint density at radius 2 is 2.10 bits per heavy atom. The van der Waals surface area contributed by atoms with Crippen LogP contribution in [-0.4, -0.2) is 66.4 Å². The summed E-state index contributed by atoms with van der Waals surface area (Å²) in [4.78, 5) is 33.2. The van der Waals surface area contributed by atoms with Crippen LogP contribution in [-0.2, 0) is 14.3 Å². The predicted molar refractivity (Wildman–Crippen MR) is 108 cm³/mol. The predicted octanol–water partition coefficient (Wildman–Crippen LogP) is 1.49. The zero-order valence-electron chi connectivity index (χ0n) is 17.7. The van der Waals surface area contributed by atoms with Gasteiger partial charge in [-0.3, -0.25) is 25.6 Å². The third kappa shape index (κ3) is 6.77. The summed E-state index contributed by atoms with van der Waals surface area (Å²) in [6.45, 7) is 2.31. The third-order valence-corrected chi connectivity index (χ3v) is 5.23. The molecule has 0 bridgehead atoms. The number of carbonyl (C=O) groups excluding carboxylic acids is 2. The maximum atomic E-state index is 14.9. The van der Waals surface area contributed by atoms with Gasteiger partial charge >= 0.3 is 0 Å². The number of aromatic nitrogens is 2. The number of amides is 2. The molecule has 1 atom stereocenters. The number of anilines is 2. The number of ether oxygens (including phenoxy) is 1. The monoisotopic (exact) mass is 426 g/mol. The van der Waals surface area contributed by atoms with Crippen LogP contribution in [0.2, 0.25) is 0 Å². The van der Waals surface area contributed by atoms with E-state index < -0.39 is 17.6 Å². The van der Waals surface area contributed by atoms with Crippen LogP contribution >= 0.6 is 0 Å². The van der Waals surface area contributed by atoms with Crippen molar-refractivity contribution in [2.45, 2.75) is 39.0 Å². The van der Waals surface area contributed by atoms with E-state index in [9.17, 15) is 19.2 Å². The van der Waals surface area contributed by atoms with Gasteiger partial charge in [-0.1, -0.05) is 25.7 Å². The van der Waals surface area contributed by atoms with Crippen LogP contribution in [0.5, 0.6) is 0 Å². The lowest BCUT2D eigenvalue weighted by atomic mass is 9.92. The molecule has 0 unspecified atom stereocenters. The van der Waals surface area contributed by atoms with Gasteiger partial charge in [-0.15, -0.1) is 0 Å². The van der Waals surface area contributed by atoms with Gasteiger partial charge in [0.1, 0.15) is 5.82 Å². The van der Waals surface area contributed by atoms with Crippen LogP contribution in [0.4, 0.5) is 16.0 Å². The summed E-state index contributed by atoms with van der Waals surface area (Å²) >= 11 is 0. The number of hydrazine groups is 1. The van der Waals surface area contributed by atoms with E-state index in [1.54, 1.807) is 26.0 Å². The standard InChI is InChI=1S/C19H31FN6O4/c1-13-21-17(16(20)18(22-13)25(2)8-9-30-3)23-24-19(28)15(11-26(29)12-27)10-14-6-4-5-7-14/h12,14-15,29H,4-11H2,1-3H3,(H,24,28)(H,21,22,23)/t15-/m1/s1. The fourth-order valence-electron chi connectivity index (χ4n) is 3.62. The normalized spacial score (nSPS) is 15.0. The highest BCUT2D eigenvalue weighted by Gasteiger charge is 2.27. The van der Waals surface area contributed by atoms with Crippen LogP contribution in [0.3, 0.4) is 0 Å². The van der Waals surface area contributed by atoms with Gasteiger partial charge in [0.05, 0.1) is 19.1 Å². The molecule has 1 aliphatic rings. The van der Waals surface area contributed by atoms with Gasteiger partial charge in [0.2, 0.25) is 18.1 Å². The Bertz CT molecular complexity index is 717. The molecule has 30 heavy (non-hydrogen) atoms. The number of aryl methyl sites for hydroxylation is 1. The molecule has 10 nitrogen and oxygen atoms in total. The summed E-state index contributed by atoms with van der Waals surface area (Å²) in [5.74, 6) is -1.17. The fraction of sp³-hybridized carbons (Fsp3) is 0.684. The molecule has 0 spiro atoms. The molecule has 1 fully saturated rings. The Balaban J connectivity index is 2.07. The summed E-state index contributed by atoms with van der Waals surface area (Å²) in [5, 5.41) is 10.0. The van der Waals surface area contributed by atoms with Crippen molar-refractivity contribution in [2.75, 3.05) is 44.2 Å². The molecule has 1 aromatic heterocycles. The van der Waals surface area contributed by atoms with Gasteiger partial charge in [0.25, 0.3) is 0 Å². The molecule has 168 valence electrons. The summed E-state index contributed by atoms with van der Waals surface area (Å²) < 4.78 is 19.9. The van der Waals surface area contributed by atoms with E-state index in [-0.39, 0.29) is 24.6 Å². The maximum Gasteiger partial charge on any atom is 0.243 e. The van der Waals surface area contributed by atoms with Gasteiger partial charge in [-0.2, -0.15) is 4.39 Å². The van der Waals surface area contributed by atoms with E-state index in [2.05, 4.69) is 20.8 Å². The summed E-state index contributed by atoms with van der Waals surface area (Å²) in [6.07, 6.45) is 5.05. The van der Waals surface area contributed by atoms with Gasteiger partial charge in [0.15, 0.2) is 11.6 Å². The zero-order chi connectivity index (χ0) is 22.1. The second-order valence-electron chi connectivity index (χ2n) is 7.60. The number of likely N-dealkylation sites (N-methyl/N-ethyl adjacent to an activating group) is 1. The van der Waals surface area contributed by atoms with Crippen LogP contribution in [0.25, 0.3) is 0 Å². The number of methoxy groups -OCH3 is 1. The Labute approximate surface area is 175 Å². The number of carbonyl (C=O) groups is 2. The first kappa shape index (κ1) is 23.7. The minimum atomic E-state index is -0.705. The van der Waals surface area contributed by atoms with Crippen molar-refractivity contribution in [3.63, 3.8) is 0 Å². The van der Waals surface area contributed by atoms with E-state index in [0.717, 1.165) is 25.7 Å². The van der Waals surface area contributed by atoms with Crippen molar-refractivity contribution in [3.8, 4) is 0 Å². The molecule has 0 radical (unpaired) electrons. The van der Waals surface area contributed by atoms with Crippen LogP contribution in [0.15, 0.2) is 0 Å². The number of hydrogen-bond donors (Lipinski definition) is 3. The second-order valence-corrected chi connectivity index (χ2v) is 7.60. The van der Waals surface area contributed by atoms with E-state index in [1.807, 2.05) is 0 Å². The van der Waals surface area contributed by atoms with Gasteiger partial charge in [-0.05, 0) is 19.3 Å². The average Bonchev–Trinajstić information content (AvgIpc) is 3.24. The molecule has 0 aliphatic heterocycles. The third-order valence-electron chi connectivity index (χ3n) is 5.23. The highest BCUT2D eigenvalue weighted by molar-refractivity contribution is 5.80. The molecule has 0 saturated heterocycles. The molecule has 2 rings (SSSR count). The largest absolute Gasteiger partial charge is 0.383 e. The van der Waals surface area contributed by atoms with Crippen molar-refractivity contribution in [1.29, 1.82) is 0 Å². The highest BCUT2D eigenvalue weighted by atomic mass is 19.1. The van der Waals surface area contributed by atoms with Gasteiger partial charge < -0.3 is 9.64 Å². The van der Waals surface area contributed by atoms with Crippen molar-refractivity contribution in [2.24, 2.45) is 11.8 Å². The summed E-state index contributed by atoms with van der Waals surface area (Å²) in [5.41, 5.74) is 4.99. The van der Waals surface area contributed by atoms with Gasteiger partial charge in [-0.25, -0.2) is 15.0 Å². The van der Waals surface area contributed by atoms with Crippen molar-refractivity contribution in [1.82, 2.24) is 20.5 Å². The van der Waals surface area contributed by atoms with E-state index in [1.165, 1.54) is 0 Å². The summed E-state index contributed by atoms with van der Waals surface area (Å²) in [6, 6.07) is 0. The minimum absolute atomic E-state index is 0.0845. The second kappa shape index (κ2) is 11.6. The van der Waals surface area contributed by atoms with Gasteiger partial charge in [0, 0.05) is 20.7 Å². The zero-order valence-corrected chi connectivity index (χ0v) is 17.7. The van der Waals surface area contributed by atoms with E-state index >= 15 is 0 Å². The Hall–Kier alpha value is -2.53. The molecular weight excluding hydrogens is 395 g/mol. The molecule has 3 N–H and O–H groups in total. The lowest BCUT2D eigenvalue weighted by Gasteiger charge is -2.23. The quantitative estimate of drug-likeness (QED) is 0.261. The topological polar surface area (TPSA) is 120 Å². The van der Waals surface area contributed by atoms with Crippen LogP contribution in [0.1, 0.15) is 37.9 Å². The van der Waals surface area contributed by atoms with Crippen LogP contribution < -0.4 is 15.8 Å². The Morgan fingerprint density at radius 3 is 2.73 bits per heavy atom. The molecule has 11 heteroatoms. The van der Waals surface area contributed by atoms with E-state index in [4.69, 9.17) is 4.74 Å². The number of halogens is 1. The van der Waals surface area contributed by atoms with Crippen molar-refractivity contribution >= 4 is 24.0 Å². The molecular formula is C19H31FN6O4. The Morgan fingerprint density at radius 1 is 1.40 bits per heavy atom. The number of hydrogen-bond acceptors (Lipinski definition) is 8. The maximum absolute atomic E-state index is 14.9. The molecule has 2 amide bonds. The average molecular weight is 426 g/mol. The first-order valence-electron chi connectivity index (χ1n) is 10.1. The summed E-state index contributed by atoms with van der Waals surface area (Å²) in [7, 11) is 3.23. The van der Waals surface area contributed by atoms with E-state index in [0.29, 0.717) is 36.4 Å². The first-order chi connectivity index (χ1) is 14.3. The Kier molecular flexibility index (Phi) is 9.18. The van der Waals surface area contributed by atoms with Crippen LogP contribution in [0, 0.1) is 24.6 Å². The lowest BCUT2D eigenvalue weighted by molar-refractivity contribution is -0.154. The molecule has 1 saturated carbocycles. The van der Waals surface area contributed by atoms with Crippen molar-refractivity contribution in [3.05, 3.63) is 11.6 Å². The number of rotatable bonds is 12. The molecule has 1 aliphatic carbocycles. The molecule has 1 aromatic rings. The SMILES string of the molecule is COCCN(C)c1nc(C)nc(NNC(=O)[C@H](CC2CCCC2)CN(O)C=O)c1F. The number of hydroxylamine groups is 2.